The Kier molecular flexibility index (Phi) is 9.74. The van der Waals surface area contributed by atoms with Crippen molar-refractivity contribution in [1.29, 1.82) is 0 Å². The normalized spacial score (nSPS) is 17.8. The fraction of sp³-hybridized carbons (Fsp3) is 0.306. The quantitative estimate of drug-likeness (QED) is 0.137. The first-order valence-corrected chi connectivity index (χ1v) is 20.4. The van der Waals surface area contributed by atoms with Gasteiger partial charge in [0.1, 0.15) is 39.9 Å². The maximum absolute atomic E-state index is 14.0. The smallest absolute Gasteiger partial charge is 0.407 e. The van der Waals surface area contributed by atoms with Crippen LogP contribution in [0.1, 0.15) is 40.9 Å². The first-order chi connectivity index (χ1) is 25.8. The number of hydrogen-bond donors (Lipinski definition) is 3. The van der Waals surface area contributed by atoms with E-state index in [1.165, 1.54) is 7.11 Å². The molecule has 13 nitrogen and oxygen atoms in total. The number of thioether (sulfide) groups is 2. The molecule has 6 aromatic rings. The van der Waals surface area contributed by atoms with Crippen molar-refractivity contribution in [1.82, 2.24) is 35.1 Å². The molecule has 1 unspecified atom stereocenters. The summed E-state index contributed by atoms with van der Waals surface area (Å²) in [6.45, 7) is 2.80. The second-order valence-electron chi connectivity index (χ2n) is 12.3. The van der Waals surface area contributed by atoms with Crippen LogP contribution in [0.3, 0.4) is 0 Å². The largest absolute Gasteiger partial charge is 0.495 e. The molecule has 0 spiro atoms. The molecule has 8 rings (SSSR count). The van der Waals surface area contributed by atoms with Crippen molar-refractivity contribution >= 4 is 84.3 Å². The molecule has 3 atom stereocenters. The average Bonchev–Trinajstić information content (AvgIpc) is 4.02. The number of benzene rings is 2. The Bertz CT molecular complexity index is 2280. The molecule has 2 aliphatic heterocycles. The molecule has 2 aromatic carbocycles. The van der Waals surface area contributed by atoms with Crippen LogP contribution in [0.4, 0.5) is 4.79 Å². The number of aromatic nitrogens is 4. The Morgan fingerprint density at radius 1 is 0.811 bits per heavy atom. The Morgan fingerprint density at radius 2 is 1.34 bits per heavy atom. The van der Waals surface area contributed by atoms with E-state index in [0.717, 1.165) is 70.1 Å². The number of carbonyl (C=O) groups is 3. The predicted molar refractivity (Wildman–Crippen MR) is 210 cm³/mol. The van der Waals surface area contributed by atoms with Gasteiger partial charge in [0.2, 0.25) is 5.91 Å². The molecule has 2 fully saturated rings. The maximum atomic E-state index is 14.0. The molecule has 0 saturated carbocycles. The fourth-order valence-electron chi connectivity index (χ4n) is 6.76. The molecule has 0 aliphatic carbocycles. The zero-order chi connectivity index (χ0) is 36.8. The van der Waals surface area contributed by atoms with Crippen LogP contribution in [0.5, 0.6) is 11.5 Å². The van der Waals surface area contributed by atoms with Crippen molar-refractivity contribution in [3.63, 3.8) is 0 Å². The van der Waals surface area contributed by atoms with Crippen LogP contribution < -0.4 is 14.8 Å². The molecule has 53 heavy (non-hydrogen) atoms. The van der Waals surface area contributed by atoms with Crippen LogP contribution in [0.15, 0.2) is 54.9 Å². The van der Waals surface area contributed by atoms with E-state index in [9.17, 15) is 14.4 Å². The number of amides is 3. The Morgan fingerprint density at radius 3 is 1.85 bits per heavy atom. The van der Waals surface area contributed by atoms with E-state index in [0.29, 0.717) is 24.5 Å². The molecule has 3 amide bonds. The van der Waals surface area contributed by atoms with Gasteiger partial charge in [-0.3, -0.25) is 9.59 Å². The number of nitrogens with zero attached hydrogens (tertiary/aromatic N) is 4. The summed E-state index contributed by atoms with van der Waals surface area (Å²) in [5, 5.41) is 4.05. The SMILES string of the molecule is COC(=O)NC(C(=O)N1CCS[C@H]1c1ncc(-c2cc3c(OC)c4sc(-c5cnc([C@@H]6SCCN6C(C)=O)[nH]5)cc4c(OC)c3s2)[nH]1)c1ccccc1. The van der Waals surface area contributed by atoms with Gasteiger partial charge in [-0.1, -0.05) is 30.3 Å². The Labute approximate surface area is 320 Å². The third-order valence-electron chi connectivity index (χ3n) is 9.26. The van der Waals surface area contributed by atoms with Crippen molar-refractivity contribution in [3.05, 3.63) is 72.1 Å². The number of methoxy groups -OCH3 is 3. The fourth-order valence-corrected chi connectivity index (χ4v) is 11.5. The van der Waals surface area contributed by atoms with Gasteiger partial charge in [-0.25, -0.2) is 14.8 Å². The van der Waals surface area contributed by atoms with Gasteiger partial charge < -0.3 is 39.3 Å². The van der Waals surface area contributed by atoms with Crippen LogP contribution in [-0.2, 0) is 14.3 Å². The molecule has 6 heterocycles. The Balaban J connectivity index is 1.10. The van der Waals surface area contributed by atoms with E-state index < -0.39 is 12.1 Å². The topological polar surface area (TPSA) is 155 Å². The van der Waals surface area contributed by atoms with Crippen LogP contribution in [0.2, 0.25) is 0 Å². The van der Waals surface area contributed by atoms with Gasteiger partial charge in [-0.2, -0.15) is 0 Å². The van der Waals surface area contributed by atoms with Crippen molar-refractivity contribution in [2.24, 2.45) is 0 Å². The van der Waals surface area contributed by atoms with E-state index in [1.807, 2.05) is 41.4 Å². The van der Waals surface area contributed by atoms with E-state index in [4.69, 9.17) is 19.2 Å². The number of hydrogen-bond acceptors (Lipinski definition) is 12. The molecular formula is C36H35N7O6S4. The van der Waals surface area contributed by atoms with Gasteiger partial charge in [-0.05, 0) is 17.7 Å². The van der Waals surface area contributed by atoms with Gasteiger partial charge in [0.05, 0.1) is 64.3 Å². The lowest BCUT2D eigenvalue weighted by Crippen LogP contribution is -2.42. The van der Waals surface area contributed by atoms with E-state index >= 15 is 0 Å². The van der Waals surface area contributed by atoms with Crippen LogP contribution >= 0.6 is 46.2 Å². The third kappa shape index (κ3) is 6.38. The van der Waals surface area contributed by atoms with Crippen LogP contribution in [-0.4, -0.2) is 93.6 Å². The van der Waals surface area contributed by atoms with E-state index in [-0.39, 0.29) is 22.6 Å². The molecule has 2 aliphatic rings. The van der Waals surface area contributed by atoms with Gasteiger partial charge in [0.25, 0.3) is 5.91 Å². The molecule has 17 heteroatoms. The molecule has 274 valence electrons. The molecular weight excluding hydrogens is 755 g/mol. The lowest BCUT2D eigenvalue weighted by Gasteiger charge is -2.27. The summed E-state index contributed by atoms with van der Waals surface area (Å²) in [5.74, 6) is 4.29. The summed E-state index contributed by atoms with van der Waals surface area (Å²) in [7, 11) is 4.63. The zero-order valence-corrected chi connectivity index (χ0v) is 32.4. The van der Waals surface area contributed by atoms with Crippen molar-refractivity contribution in [2.75, 3.05) is 45.9 Å². The minimum absolute atomic E-state index is 0.0385. The number of ether oxygens (including phenoxy) is 3. The first kappa shape index (κ1) is 35.3. The molecule has 0 radical (unpaired) electrons. The highest BCUT2D eigenvalue weighted by Crippen LogP contribution is 2.52. The lowest BCUT2D eigenvalue weighted by atomic mass is 10.1. The monoisotopic (exact) mass is 789 g/mol. The summed E-state index contributed by atoms with van der Waals surface area (Å²) in [4.78, 5) is 60.2. The highest BCUT2D eigenvalue weighted by atomic mass is 32.2. The summed E-state index contributed by atoms with van der Waals surface area (Å²) in [6.07, 6.45) is 2.92. The van der Waals surface area contributed by atoms with E-state index in [2.05, 4.69) is 32.4 Å². The number of alkyl carbamates (subject to hydrolysis) is 1. The summed E-state index contributed by atoms with van der Waals surface area (Å²) in [6, 6.07) is 12.4. The number of rotatable bonds is 9. The van der Waals surface area contributed by atoms with Gasteiger partial charge in [0.15, 0.2) is 0 Å². The number of fused-ring (bicyclic) bond motifs is 2. The van der Waals surface area contributed by atoms with Crippen LogP contribution in [0, 0.1) is 0 Å². The molecule has 0 bridgehead atoms. The Hall–Kier alpha value is -4.71. The number of nitrogens with one attached hydrogen (secondary N) is 3. The summed E-state index contributed by atoms with van der Waals surface area (Å²) in [5.41, 5.74) is 2.33. The van der Waals surface area contributed by atoms with Crippen molar-refractivity contribution in [3.8, 4) is 32.6 Å². The second kappa shape index (κ2) is 14.6. The molecule has 3 N–H and O–H groups in total. The van der Waals surface area contributed by atoms with Crippen molar-refractivity contribution in [2.45, 2.75) is 23.7 Å². The second-order valence-corrected chi connectivity index (χ2v) is 16.8. The summed E-state index contributed by atoms with van der Waals surface area (Å²) >= 11 is 6.48. The van der Waals surface area contributed by atoms with Gasteiger partial charge in [-0.15, -0.1) is 46.2 Å². The standard InChI is InChI=1S/C36H35N7O6S4/c1-18(44)42-10-12-50-34(42)31-37-16-22(39-31)24-14-20-27(47-2)30-21(28(48-3)29(20)52-24)15-25(53-30)23-17-38-32(40-23)35-43(11-13-51-35)33(45)26(41-36(46)49-4)19-8-6-5-7-9-19/h5-9,14-17,26,34-35H,10-13H2,1-4H3,(H,37,39)(H,38,40)(H,41,46)/t26?,34-,35-/m0/s1. The highest BCUT2D eigenvalue weighted by Gasteiger charge is 2.38. The number of aromatic amines is 2. The van der Waals surface area contributed by atoms with Crippen molar-refractivity contribution < 1.29 is 28.6 Å². The first-order valence-electron chi connectivity index (χ1n) is 16.7. The highest BCUT2D eigenvalue weighted by molar-refractivity contribution is 8.00. The summed E-state index contributed by atoms with van der Waals surface area (Å²) < 4.78 is 18.8. The number of carbonyl (C=O) groups excluding carboxylic acids is 3. The van der Waals surface area contributed by atoms with E-state index in [1.54, 1.807) is 78.4 Å². The van der Waals surface area contributed by atoms with Gasteiger partial charge >= 0.3 is 6.09 Å². The number of thiophene rings is 2. The number of imidazole rings is 2. The minimum Gasteiger partial charge on any atom is -0.495 e. The maximum Gasteiger partial charge on any atom is 0.407 e. The third-order valence-corrected chi connectivity index (χ3v) is 14.0. The van der Waals surface area contributed by atoms with Crippen LogP contribution in [0.25, 0.3) is 41.3 Å². The zero-order valence-electron chi connectivity index (χ0n) is 29.1. The minimum atomic E-state index is -0.907. The predicted octanol–water partition coefficient (Wildman–Crippen LogP) is 7.18. The molecule has 4 aromatic heterocycles. The molecule has 2 saturated heterocycles. The van der Waals surface area contributed by atoms with Gasteiger partial charge in [0, 0.05) is 42.3 Å². The lowest BCUT2D eigenvalue weighted by molar-refractivity contribution is -0.133. The average molecular weight is 790 g/mol. The number of H-pyrrole nitrogens is 2.